The molecule has 2 rings (SSSR count). The van der Waals surface area contributed by atoms with Crippen molar-refractivity contribution >= 4 is 5.82 Å². The molecule has 1 aliphatic rings. The molecular weight excluding hydrogens is 262 g/mol. The number of nitrogens with one attached hydrogen (secondary N) is 1. The van der Waals surface area contributed by atoms with Gasteiger partial charge in [-0.3, -0.25) is 0 Å². The second-order valence-electron chi connectivity index (χ2n) is 6.14. The first kappa shape index (κ1) is 16.2. The van der Waals surface area contributed by atoms with Crippen LogP contribution in [0.1, 0.15) is 50.8 Å². The zero-order chi connectivity index (χ0) is 15.2. The molecule has 0 aromatic carbocycles. The van der Waals surface area contributed by atoms with Crippen LogP contribution in [0.25, 0.3) is 0 Å². The van der Waals surface area contributed by atoms with E-state index in [4.69, 9.17) is 9.72 Å². The maximum atomic E-state index is 5.21. The minimum atomic E-state index is 0.450. The van der Waals surface area contributed by atoms with Crippen LogP contribution in [0.5, 0.6) is 0 Å². The van der Waals surface area contributed by atoms with Gasteiger partial charge in [-0.25, -0.2) is 4.98 Å². The first-order chi connectivity index (χ1) is 10.1. The SMILES string of the molecule is CCN(CCOC)c1cc(CNC2CC2)cc(C(C)C)n1. The molecule has 1 fully saturated rings. The Morgan fingerprint density at radius 3 is 2.71 bits per heavy atom. The number of anilines is 1. The maximum absolute atomic E-state index is 5.21. The van der Waals surface area contributed by atoms with Crippen LogP contribution >= 0.6 is 0 Å². The molecule has 0 unspecified atom stereocenters. The highest BCUT2D eigenvalue weighted by Crippen LogP contribution is 2.23. The Hall–Kier alpha value is -1.13. The fraction of sp³-hybridized carbons (Fsp3) is 0.706. The topological polar surface area (TPSA) is 37.4 Å². The van der Waals surface area contributed by atoms with Gasteiger partial charge in [0, 0.05) is 38.5 Å². The summed E-state index contributed by atoms with van der Waals surface area (Å²) in [5, 5.41) is 3.60. The average molecular weight is 291 g/mol. The van der Waals surface area contributed by atoms with Crippen LogP contribution in [0.15, 0.2) is 12.1 Å². The summed E-state index contributed by atoms with van der Waals surface area (Å²) in [5.74, 6) is 1.53. The van der Waals surface area contributed by atoms with Crippen LogP contribution in [0.3, 0.4) is 0 Å². The second kappa shape index (κ2) is 7.76. The number of hydrogen-bond acceptors (Lipinski definition) is 4. The highest BCUT2D eigenvalue weighted by atomic mass is 16.5. The molecular formula is C17H29N3O. The molecule has 4 heteroatoms. The third-order valence-corrected chi connectivity index (χ3v) is 3.93. The number of rotatable bonds is 9. The maximum Gasteiger partial charge on any atom is 0.129 e. The third-order valence-electron chi connectivity index (χ3n) is 3.93. The number of pyridine rings is 1. The van der Waals surface area contributed by atoms with Crippen molar-refractivity contribution in [1.29, 1.82) is 0 Å². The monoisotopic (exact) mass is 291 g/mol. The minimum absolute atomic E-state index is 0.450. The summed E-state index contributed by atoms with van der Waals surface area (Å²) in [7, 11) is 1.75. The number of nitrogens with zero attached hydrogens (tertiary/aromatic N) is 2. The lowest BCUT2D eigenvalue weighted by molar-refractivity contribution is 0.205. The van der Waals surface area contributed by atoms with Gasteiger partial charge in [0.05, 0.1) is 6.61 Å². The minimum Gasteiger partial charge on any atom is -0.383 e. The van der Waals surface area contributed by atoms with Crippen molar-refractivity contribution in [2.24, 2.45) is 0 Å². The smallest absolute Gasteiger partial charge is 0.129 e. The van der Waals surface area contributed by atoms with E-state index in [1.807, 2.05) is 0 Å². The molecule has 1 aromatic heterocycles. The Bertz CT molecular complexity index is 444. The summed E-state index contributed by atoms with van der Waals surface area (Å²) in [4.78, 5) is 7.13. The summed E-state index contributed by atoms with van der Waals surface area (Å²) in [6.07, 6.45) is 2.65. The van der Waals surface area contributed by atoms with Crippen molar-refractivity contribution in [3.05, 3.63) is 23.4 Å². The zero-order valence-corrected chi connectivity index (χ0v) is 13.9. The van der Waals surface area contributed by atoms with Crippen LogP contribution in [0, 0.1) is 0 Å². The predicted octanol–water partition coefficient (Wildman–Crippen LogP) is 2.93. The van der Waals surface area contributed by atoms with Gasteiger partial charge in [0.2, 0.25) is 0 Å². The molecule has 1 saturated carbocycles. The van der Waals surface area contributed by atoms with Gasteiger partial charge >= 0.3 is 0 Å². The van der Waals surface area contributed by atoms with Gasteiger partial charge in [0.15, 0.2) is 0 Å². The summed E-state index contributed by atoms with van der Waals surface area (Å²) in [6, 6.07) is 5.20. The molecule has 0 saturated heterocycles. The van der Waals surface area contributed by atoms with E-state index >= 15 is 0 Å². The fourth-order valence-corrected chi connectivity index (χ4v) is 2.34. The largest absolute Gasteiger partial charge is 0.383 e. The molecule has 118 valence electrons. The van der Waals surface area contributed by atoms with Crippen molar-refractivity contribution in [3.8, 4) is 0 Å². The van der Waals surface area contributed by atoms with E-state index in [0.717, 1.165) is 38.1 Å². The zero-order valence-electron chi connectivity index (χ0n) is 13.9. The lowest BCUT2D eigenvalue weighted by Crippen LogP contribution is -2.28. The van der Waals surface area contributed by atoms with Crippen LogP contribution in [0.2, 0.25) is 0 Å². The van der Waals surface area contributed by atoms with Crippen molar-refractivity contribution in [2.75, 3.05) is 31.7 Å². The normalized spacial score (nSPS) is 14.7. The molecule has 1 N–H and O–H groups in total. The van der Waals surface area contributed by atoms with Gasteiger partial charge in [-0.1, -0.05) is 13.8 Å². The molecule has 0 amide bonds. The van der Waals surface area contributed by atoms with E-state index in [9.17, 15) is 0 Å². The summed E-state index contributed by atoms with van der Waals surface area (Å²) in [5.41, 5.74) is 2.52. The van der Waals surface area contributed by atoms with Crippen LogP contribution in [0.4, 0.5) is 5.82 Å². The Morgan fingerprint density at radius 2 is 2.14 bits per heavy atom. The number of aromatic nitrogens is 1. The molecule has 0 aliphatic heterocycles. The van der Waals surface area contributed by atoms with Gasteiger partial charge < -0.3 is 15.0 Å². The van der Waals surface area contributed by atoms with E-state index in [0.29, 0.717) is 5.92 Å². The fourth-order valence-electron chi connectivity index (χ4n) is 2.34. The lowest BCUT2D eigenvalue weighted by atomic mass is 10.1. The quantitative estimate of drug-likeness (QED) is 0.759. The van der Waals surface area contributed by atoms with Gasteiger partial charge in [-0.2, -0.15) is 0 Å². The van der Waals surface area contributed by atoms with Crippen LogP contribution in [-0.2, 0) is 11.3 Å². The molecule has 0 bridgehead atoms. The van der Waals surface area contributed by atoms with Crippen molar-refractivity contribution in [1.82, 2.24) is 10.3 Å². The number of likely N-dealkylation sites (N-methyl/N-ethyl adjacent to an activating group) is 1. The standard InChI is InChI=1S/C17H29N3O/c1-5-20(8-9-21-4)17-11-14(12-18-15-6-7-15)10-16(19-17)13(2)3/h10-11,13,15,18H,5-9,12H2,1-4H3. The molecule has 0 radical (unpaired) electrons. The predicted molar refractivity (Wildman–Crippen MR) is 88.0 cm³/mol. The summed E-state index contributed by atoms with van der Waals surface area (Å²) >= 11 is 0. The van der Waals surface area contributed by atoms with E-state index in [1.165, 1.54) is 24.1 Å². The van der Waals surface area contributed by atoms with Gasteiger partial charge in [-0.05, 0) is 43.4 Å². The third kappa shape index (κ3) is 4.97. The van der Waals surface area contributed by atoms with E-state index in [1.54, 1.807) is 7.11 Å². The van der Waals surface area contributed by atoms with Crippen molar-refractivity contribution in [3.63, 3.8) is 0 Å². The molecule has 0 spiro atoms. The van der Waals surface area contributed by atoms with Crippen LogP contribution < -0.4 is 10.2 Å². The first-order valence-corrected chi connectivity index (χ1v) is 8.12. The second-order valence-corrected chi connectivity index (χ2v) is 6.14. The Balaban J connectivity index is 2.15. The number of hydrogen-bond donors (Lipinski definition) is 1. The summed E-state index contributed by atoms with van der Waals surface area (Å²) < 4.78 is 5.21. The Labute approximate surface area is 128 Å². The number of methoxy groups -OCH3 is 1. The highest BCUT2D eigenvalue weighted by molar-refractivity contribution is 5.43. The van der Waals surface area contributed by atoms with E-state index in [2.05, 4.69) is 43.1 Å². The van der Waals surface area contributed by atoms with E-state index in [-0.39, 0.29) is 0 Å². The molecule has 1 heterocycles. The molecule has 21 heavy (non-hydrogen) atoms. The first-order valence-electron chi connectivity index (χ1n) is 8.12. The van der Waals surface area contributed by atoms with Crippen LogP contribution in [-0.4, -0.2) is 37.8 Å². The molecule has 1 aromatic rings. The van der Waals surface area contributed by atoms with Gasteiger partial charge in [0.25, 0.3) is 0 Å². The Morgan fingerprint density at radius 1 is 1.38 bits per heavy atom. The highest BCUT2D eigenvalue weighted by Gasteiger charge is 2.20. The molecule has 4 nitrogen and oxygen atoms in total. The number of ether oxygens (including phenoxy) is 1. The summed E-state index contributed by atoms with van der Waals surface area (Å²) in [6.45, 7) is 10.1. The Kier molecular flexibility index (Phi) is 6.00. The molecule has 0 atom stereocenters. The van der Waals surface area contributed by atoms with E-state index < -0.39 is 0 Å². The van der Waals surface area contributed by atoms with Gasteiger partial charge in [-0.15, -0.1) is 0 Å². The molecule has 1 aliphatic carbocycles. The van der Waals surface area contributed by atoms with Crippen molar-refractivity contribution in [2.45, 2.75) is 52.1 Å². The lowest BCUT2D eigenvalue weighted by Gasteiger charge is -2.23. The average Bonchev–Trinajstić information content (AvgIpc) is 3.30. The van der Waals surface area contributed by atoms with Gasteiger partial charge in [0.1, 0.15) is 5.82 Å². The van der Waals surface area contributed by atoms with Crippen molar-refractivity contribution < 1.29 is 4.74 Å².